The van der Waals surface area contributed by atoms with Gasteiger partial charge in [-0.3, -0.25) is 14.6 Å². The average Bonchev–Trinajstić information content (AvgIpc) is 3.05. The van der Waals surface area contributed by atoms with Gasteiger partial charge in [0.15, 0.2) is 0 Å². The van der Waals surface area contributed by atoms with E-state index < -0.39 is 0 Å². The van der Waals surface area contributed by atoms with Crippen LogP contribution in [0.3, 0.4) is 0 Å². The first kappa shape index (κ1) is 21.5. The molecular formula is C25H34N6. The molecule has 1 fully saturated rings. The number of hydrogen-bond acceptors (Lipinski definition) is 5. The van der Waals surface area contributed by atoms with Gasteiger partial charge in [-0.25, -0.2) is 4.98 Å². The standard InChI is InChI=1S/C25H34N6/c1-17(2)31-20(5)23(19(4)29-31)16-30-13-7-9-21(15-30)24-11-10-22(14-27-24)28-25-18(3)8-6-12-26-25/h6,8,10-12,14,17,21H,7,9,13,15-16H2,1-5H3,(H,26,28)/t21-/m0/s1. The molecule has 0 aliphatic carbocycles. The number of nitrogens with one attached hydrogen (secondary N) is 1. The predicted molar refractivity (Wildman–Crippen MR) is 126 cm³/mol. The fraction of sp³-hybridized carbons (Fsp3) is 0.480. The molecule has 0 unspecified atom stereocenters. The lowest BCUT2D eigenvalue weighted by Crippen LogP contribution is -2.34. The van der Waals surface area contributed by atoms with Crippen molar-refractivity contribution < 1.29 is 0 Å². The minimum atomic E-state index is 0.396. The highest BCUT2D eigenvalue weighted by Crippen LogP contribution is 2.29. The number of aryl methyl sites for hydroxylation is 2. The van der Waals surface area contributed by atoms with Crippen molar-refractivity contribution in [2.24, 2.45) is 0 Å². The van der Waals surface area contributed by atoms with E-state index in [-0.39, 0.29) is 0 Å². The van der Waals surface area contributed by atoms with Crippen LogP contribution in [0.4, 0.5) is 11.5 Å². The zero-order valence-corrected chi connectivity index (χ0v) is 19.4. The summed E-state index contributed by atoms with van der Waals surface area (Å²) >= 11 is 0. The maximum absolute atomic E-state index is 4.80. The summed E-state index contributed by atoms with van der Waals surface area (Å²) in [5, 5.41) is 8.14. The lowest BCUT2D eigenvalue weighted by Gasteiger charge is -2.32. The van der Waals surface area contributed by atoms with Crippen molar-refractivity contribution in [2.45, 2.75) is 66.0 Å². The summed E-state index contributed by atoms with van der Waals surface area (Å²) in [7, 11) is 0. The molecule has 1 aliphatic heterocycles. The maximum atomic E-state index is 4.80. The summed E-state index contributed by atoms with van der Waals surface area (Å²) in [6.07, 6.45) is 6.14. The quantitative estimate of drug-likeness (QED) is 0.588. The van der Waals surface area contributed by atoms with Crippen LogP contribution >= 0.6 is 0 Å². The molecule has 1 N–H and O–H groups in total. The maximum Gasteiger partial charge on any atom is 0.133 e. The highest BCUT2D eigenvalue weighted by atomic mass is 15.3. The summed E-state index contributed by atoms with van der Waals surface area (Å²) < 4.78 is 2.16. The molecule has 0 radical (unpaired) electrons. The Bertz CT molecular complexity index is 1020. The molecule has 31 heavy (non-hydrogen) atoms. The largest absolute Gasteiger partial charge is 0.339 e. The third-order valence-electron chi connectivity index (χ3n) is 6.33. The van der Waals surface area contributed by atoms with Crippen LogP contribution in [0.2, 0.25) is 0 Å². The Hall–Kier alpha value is -2.73. The third-order valence-corrected chi connectivity index (χ3v) is 6.33. The van der Waals surface area contributed by atoms with E-state index in [4.69, 9.17) is 10.1 Å². The van der Waals surface area contributed by atoms with Crippen molar-refractivity contribution in [3.63, 3.8) is 0 Å². The minimum absolute atomic E-state index is 0.396. The first-order valence-corrected chi connectivity index (χ1v) is 11.3. The third kappa shape index (κ3) is 4.79. The molecule has 164 valence electrons. The number of rotatable bonds is 6. The monoisotopic (exact) mass is 418 g/mol. The van der Waals surface area contributed by atoms with Gasteiger partial charge in [0.1, 0.15) is 5.82 Å². The van der Waals surface area contributed by atoms with Crippen molar-refractivity contribution in [1.82, 2.24) is 24.6 Å². The first-order valence-electron chi connectivity index (χ1n) is 11.3. The molecule has 3 aromatic rings. The highest BCUT2D eigenvalue weighted by Gasteiger charge is 2.24. The van der Waals surface area contributed by atoms with Gasteiger partial charge in [-0.2, -0.15) is 5.10 Å². The van der Waals surface area contributed by atoms with E-state index in [0.29, 0.717) is 12.0 Å². The number of pyridine rings is 2. The molecule has 3 aromatic heterocycles. The van der Waals surface area contributed by atoms with Gasteiger partial charge >= 0.3 is 0 Å². The van der Waals surface area contributed by atoms with Crippen LogP contribution in [0.15, 0.2) is 36.7 Å². The van der Waals surface area contributed by atoms with Crippen LogP contribution in [0.25, 0.3) is 0 Å². The Kier molecular flexibility index (Phi) is 6.37. The fourth-order valence-electron chi connectivity index (χ4n) is 4.57. The summed E-state index contributed by atoms with van der Waals surface area (Å²) in [5.41, 5.74) is 7.12. The van der Waals surface area contributed by atoms with Crippen molar-refractivity contribution >= 4 is 11.5 Å². The molecule has 0 bridgehead atoms. The van der Waals surface area contributed by atoms with E-state index in [1.54, 1.807) is 0 Å². The zero-order valence-electron chi connectivity index (χ0n) is 19.4. The second kappa shape index (κ2) is 9.18. The van der Waals surface area contributed by atoms with E-state index in [1.165, 1.54) is 29.8 Å². The molecule has 4 heterocycles. The van der Waals surface area contributed by atoms with E-state index in [1.807, 2.05) is 18.5 Å². The molecule has 0 spiro atoms. The summed E-state index contributed by atoms with van der Waals surface area (Å²) in [5.74, 6) is 1.36. The van der Waals surface area contributed by atoms with E-state index in [9.17, 15) is 0 Å². The normalized spacial score (nSPS) is 17.3. The van der Waals surface area contributed by atoms with Gasteiger partial charge in [0.2, 0.25) is 0 Å². The van der Waals surface area contributed by atoms with Crippen molar-refractivity contribution in [1.29, 1.82) is 0 Å². The van der Waals surface area contributed by atoms with Crippen LogP contribution in [0, 0.1) is 20.8 Å². The number of piperidine rings is 1. The number of nitrogens with zero attached hydrogens (tertiary/aromatic N) is 5. The van der Waals surface area contributed by atoms with Crippen LogP contribution in [-0.4, -0.2) is 37.7 Å². The van der Waals surface area contributed by atoms with Crippen molar-refractivity contribution in [2.75, 3.05) is 18.4 Å². The summed E-state index contributed by atoms with van der Waals surface area (Å²) in [6.45, 7) is 13.9. The Balaban J connectivity index is 1.42. The molecule has 6 nitrogen and oxygen atoms in total. The highest BCUT2D eigenvalue weighted by molar-refractivity contribution is 5.57. The van der Waals surface area contributed by atoms with Gasteiger partial charge in [-0.15, -0.1) is 0 Å². The fourth-order valence-corrected chi connectivity index (χ4v) is 4.57. The smallest absolute Gasteiger partial charge is 0.133 e. The first-order chi connectivity index (χ1) is 14.9. The molecule has 1 saturated heterocycles. The van der Waals surface area contributed by atoms with Crippen LogP contribution in [0.1, 0.15) is 66.9 Å². The Morgan fingerprint density at radius 1 is 1.13 bits per heavy atom. The summed E-state index contributed by atoms with van der Waals surface area (Å²) in [6, 6.07) is 8.70. The summed E-state index contributed by atoms with van der Waals surface area (Å²) in [4.78, 5) is 11.8. The number of aromatic nitrogens is 4. The van der Waals surface area contributed by atoms with E-state index in [0.717, 1.165) is 42.4 Å². The van der Waals surface area contributed by atoms with Crippen LogP contribution in [-0.2, 0) is 6.54 Å². The number of hydrogen-bond donors (Lipinski definition) is 1. The molecule has 4 rings (SSSR count). The van der Waals surface area contributed by atoms with Gasteiger partial charge in [-0.1, -0.05) is 6.07 Å². The molecule has 0 saturated carbocycles. The molecule has 0 amide bonds. The topological polar surface area (TPSA) is 58.9 Å². The van der Waals surface area contributed by atoms with Gasteiger partial charge in [0.05, 0.1) is 17.6 Å². The van der Waals surface area contributed by atoms with Crippen LogP contribution in [0.5, 0.6) is 0 Å². The number of likely N-dealkylation sites (tertiary alicyclic amines) is 1. The predicted octanol–water partition coefficient (Wildman–Crippen LogP) is 5.30. The second-order valence-electron chi connectivity index (χ2n) is 9.03. The van der Waals surface area contributed by atoms with Crippen molar-refractivity contribution in [3.8, 4) is 0 Å². The van der Waals surface area contributed by atoms with Gasteiger partial charge < -0.3 is 5.32 Å². The van der Waals surface area contributed by atoms with Gasteiger partial charge in [0, 0.05) is 48.2 Å². The lowest BCUT2D eigenvalue weighted by atomic mass is 9.93. The second-order valence-corrected chi connectivity index (χ2v) is 9.03. The van der Waals surface area contributed by atoms with E-state index >= 15 is 0 Å². The van der Waals surface area contributed by atoms with E-state index in [2.05, 4.69) is 72.7 Å². The molecule has 0 aromatic carbocycles. The molecule has 6 heteroatoms. The Labute approximate surface area is 185 Å². The van der Waals surface area contributed by atoms with Gasteiger partial charge in [0.25, 0.3) is 0 Å². The average molecular weight is 419 g/mol. The Morgan fingerprint density at radius 3 is 2.65 bits per heavy atom. The lowest BCUT2D eigenvalue weighted by molar-refractivity contribution is 0.198. The molecular weight excluding hydrogens is 384 g/mol. The van der Waals surface area contributed by atoms with Gasteiger partial charge in [-0.05, 0) is 77.8 Å². The van der Waals surface area contributed by atoms with Crippen LogP contribution < -0.4 is 5.32 Å². The SMILES string of the molecule is Cc1cccnc1Nc1ccc([C@H]2CCCN(Cc3c(C)nn(C(C)C)c3C)C2)nc1. The zero-order chi connectivity index (χ0) is 22.0. The minimum Gasteiger partial charge on any atom is -0.339 e. The van der Waals surface area contributed by atoms with Crippen molar-refractivity contribution in [3.05, 3.63) is 64.9 Å². The Morgan fingerprint density at radius 2 is 1.97 bits per heavy atom. The molecule has 1 atom stereocenters. The molecule has 1 aliphatic rings. The number of anilines is 2.